The molecule has 1 amide bonds. The molecule has 186 valence electrons. The fraction of sp³-hybridized carbons (Fsp3) is 0.407. The van der Waals surface area contributed by atoms with Gasteiger partial charge < -0.3 is 9.94 Å². The number of rotatable bonds is 13. The number of fused-ring (bicyclic) bond motifs is 1. The van der Waals surface area contributed by atoms with Crippen molar-refractivity contribution in [1.82, 2.24) is 9.47 Å². The standard InChI is InChI=1S/C27H35N5O3/c1-4-6-17-31(18-7-5-2)20-32-24-16-12-11-15-23(24)26(27(32)34)29-28-25(33)19-35-30-21(3)22-13-9-8-10-14-22/h8-16,34H,4-7,17-20H2,1-3H3. The zero-order valence-corrected chi connectivity index (χ0v) is 20.9. The fourth-order valence-corrected chi connectivity index (χ4v) is 3.78. The van der Waals surface area contributed by atoms with Gasteiger partial charge >= 0.3 is 5.91 Å². The first-order chi connectivity index (χ1) is 17.0. The lowest BCUT2D eigenvalue weighted by molar-refractivity contribution is -0.122. The summed E-state index contributed by atoms with van der Waals surface area (Å²) in [5.41, 5.74) is 2.70. The van der Waals surface area contributed by atoms with Gasteiger partial charge in [0.15, 0.2) is 12.3 Å². The van der Waals surface area contributed by atoms with Crippen molar-refractivity contribution in [1.29, 1.82) is 0 Å². The summed E-state index contributed by atoms with van der Waals surface area (Å²) in [6.07, 6.45) is 4.41. The maximum Gasteiger partial charge on any atom is 0.304 e. The molecule has 3 aromatic rings. The average Bonchev–Trinajstić information content (AvgIpc) is 3.15. The predicted octanol–water partition coefficient (Wildman–Crippen LogP) is 6.26. The summed E-state index contributed by atoms with van der Waals surface area (Å²) in [6.45, 7) is 8.28. The maximum atomic E-state index is 12.3. The molecule has 0 aliphatic carbocycles. The van der Waals surface area contributed by atoms with E-state index in [0.717, 1.165) is 55.2 Å². The molecule has 0 radical (unpaired) electrons. The molecule has 8 nitrogen and oxygen atoms in total. The number of nitrogens with zero attached hydrogens (tertiary/aromatic N) is 5. The third kappa shape index (κ3) is 7.23. The minimum atomic E-state index is -0.585. The molecule has 0 saturated carbocycles. The van der Waals surface area contributed by atoms with Crippen LogP contribution in [0.1, 0.15) is 52.0 Å². The number of hydrogen-bond acceptors (Lipinski definition) is 6. The average molecular weight is 478 g/mol. The highest BCUT2D eigenvalue weighted by atomic mass is 16.6. The molecule has 0 spiro atoms. The molecule has 3 rings (SSSR count). The molecule has 0 aliphatic rings. The van der Waals surface area contributed by atoms with Crippen molar-refractivity contribution in [3.63, 3.8) is 0 Å². The molecule has 35 heavy (non-hydrogen) atoms. The molecule has 0 bridgehead atoms. The first-order valence-corrected chi connectivity index (χ1v) is 12.2. The lowest BCUT2D eigenvalue weighted by Gasteiger charge is -2.23. The Morgan fingerprint density at radius 3 is 2.34 bits per heavy atom. The lowest BCUT2D eigenvalue weighted by atomic mass is 10.1. The summed E-state index contributed by atoms with van der Waals surface area (Å²) >= 11 is 0. The van der Waals surface area contributed by atoms with E-state index >= 15 is 0 Å². The minimum Gasteiger partial charge on any atom is -0.493 e. The van der Waals surface area contributed by atoms with Crippen molar-refractivity contribution in [3.8, 4) is 5.88 Å². The monoisotopic (exact) mass is 477 g/mol. The number of aromatic hydroxyl groups is 1. The number of aromatic nitrogens is 1. The van der Waals surface area contributed by atoms with Gasteiger partial charge in [-0.2, -0.15) is 0 Å². The first-order valence-electron chi connectivity index (χ1n) is 12.2. The molecule has 0 saturated heterocycles. The van der Waals surface area contributed by atoms with E-state index in [9.17, 15) is 9.90 Å². The normalized spacial score (nSPS) is 12.2. The second-order valence-electron chi connectivity index (χ2n) is 8.49. The van der Waals surface area contributed by atoms with Crippen LogP contribution < -0.4 is 0 Å². The van der Waals surface area contributed by atoms with Crippen molar-refractivity contribution >= 4 is 28.2 Å². The van der Waals surface area contributed by atoms with Gasteiger partial charge in [-0.3, -0.25) is 14.3 Å². The lowest BCUT2D eigenvalue weighted by Crippen LogP contribution is -2.28. The van der Waals surface area contributed by atoms with E-state index in [4.69, 9.17) is 4.84 Å². The van der Waals surface area contributed by atoms with Crippen LogP contribution in [-0.2, 0) is 16.3 Å². The van der Waals surface area contributed by atoms with E-state index in [1.807, 2.05) is 59.2 Å². The largest absolute Gasteiger partial charge is 0.493 e. The van der Waals surface area contributed by atoms with E-state index in [0.29, 0.717) is 12.4 Å². The Bertz CT molecular complexity index is 1150. The van der Waals surface area contributed by atoms with Gasteiger partial charge in [-0.15, -0.1) is 10.2 Å². The Hall–Kier alpha value is -3.52. The van der Waals surface area contributed by atoms with E-state index < -0.39 is 5.91 Å². The van der Waals surface area contributed by atoms with Crippen LogP contribution in [-0.4, -0.2) is 45.9 Å². The molecule has 0 fully saturated rings. The molecular formula is C27H35N5O3. The fourth-order valence-electron chi connectivity index (χ4n) is 3.78. The van der Waals surface area contributed by atoms with Crippen LogP contribution in [0.5, 0.6) is 5.88 Å². The molecule has 1 aromatic heterocycles. The molecule has 0 unspecified atom stereocenters. The number of para-hydroxylation sites is 1. The van der Waals surface area contributed by atoms with Crippen molar-refractivity contribution in [2.24, 2.45) is 15.4 Å². The van der Waals surface area contributed by atoms with Crippen molar-refractivity contribution in [2.45, 2.75) is 53.1 Å². The smallest absolute Gasteiger partial charge is 0.304 e. The summed E-state index contributed by atoms with van der Waals surface area (Å²) in [5.74, 6) is -0.585. The molecule has 8 heteroatoms. The number of carbonyl (C=O) groups excluding carboxylic acids is 1. The number of hydrogen-bond donors (Lipinski definition) is 1. The third-order valence-corrected chi connectivity index (χ3v) is 5.76. The Kier molecular flexibility index (Phi) is 9.98. The molecule has 2 aromatic carbocycles. The summed E-state index contributed by atoms with van der Waals surface area (Å²) in [4.78, 5) is 19.8. The van der Waals surface area contributed by atoms with Crippen molar-refractivity contribution in [2.75, 3.05) is 19.7 Å². The number of carbonyl (C=O) groups is 1. The summed E-state index contributed by atoms with van der Waals surface area (Å²) in [5, 5.41) is 23.6. The number of benzene rings is 2. The number of azo groups is 1. The summed E-state index contributed by atoms with van der Waals surface area (Å²) in [7, 11) is 0. The van der Waals surface area contributed by atoms with Gasteiger partial charge in [-0.05, 0) is 44.5 Å². The van der Waals surface area contributed by atoms with Gasteiger partial charge in [-0.1, -0.05) is 80.4 Å². The highest BCUT2D eigenvalue weighted by molar-refractivity contribution is 5.98. The van der Waals surface area contributed by atoms with Gasteiger partial charge in [0.1, 0.15) is 0 Å². The van der Waals surface area contributed by atoms with E-state index in [1.165, 1.54) is 0 Å². The maximum absolute atomic E-state index is 12.3. The summed E-state index contributed by atoms with van der Waals surface area (Å²) < 4.78 is 1.84. The van der Waals surface area contributed by atoms with Crippen molar-refractivity contribution < 1.29 is 14.7 Å². The van der Waals surface area contributed by atoms with Crippen LogP contribution >= 0.6 is 0 Å². The van der Waals surface area contributed by atoms with E-state index in [2.05, 4.69) is 34.1 Å². The SMILES string of the molecule is CCCCN(CCCC)Cn1c(O)c(N=NC(=O)CON=C(C)c2ccccc2)c2ccccc21. The molecule has 1 N–H and O–H groups in total. The van der Waals surface area contributed by atoms with E-state index in [1.54, 1.807) is 6.92 Å². The Morgan fingerprint density at radius 1 is 1.00 bits per heavy atom. The zero-order valence-electron chi connectivity index (χ0n) is 20.9. The van der Waals surface area contributed by atoms with Crippen LogP contribution in [0.4, 0.5) is 5.69 Å². The minimum absolute atomic E-state index is 0.000363. The van der Waals surface area contributed by atoms with Gasteiger partial charge in [0, 0.05) is 5.39 Å². The predicted molar refractivity (Wildman–Crippen MR) is 139 cm³/mol. The Morgan fingerprint density at radius 2 is 1.66 bits per heavy atom. The van der Waals surface area contributed by atoms with Gasteiger partial charge in [0.25, 0.3) is 0 Å². The van der Waals surface area contributed by atoms with Crippen LogP contribution in [0, 0.1) is 0 Å². The molecule has 1 heterocycles. The second kappa shape index (κ2) is 13.4. The highest BCUT2D eigenvalue weighted by Gasteiger charge is 2.18. The quantitative estimate of drug-likeness (QED) is 0.179. The van der Waals surface area contributed by atoms with Crippen molar-refractivity contribution in [3.05, 3.63) is 60.2 Å². The number of amides is 1. The third-order valence-electron chi connectivity index (χ3n) is 5.76. The van der Waals surface area contributed by atoms with Crippen LogP contribution in [0.25, 0.3) is 10.9 Å². The Labute approximate surface area is 206 Å². The van der Waals surface area contributed by atoms with Crippen LogP contribution in [0.3, 0.4) is 0 Å². The first kappa shape index (κ1) is 26.1. The summed E-state index contributed by atoms with van der Waals surface area (Å²) in [6, 6.07) is 17.2. The number of oxime groups is 1. The van der Waals surface area contributed by atoms with Gasteiger partial charge in [0.2, 0.25) is 5.88 Å². The second-order valence-corrected chi connectivity index (χ2v) is 8.49. The van der Waals surface area contributed by atoms with Gasteiger partial charge in [0.05, 0.1) is 17.9 Å². The zero-order chi connectivity index (χ0) is 25.0. The van der Waals surface area contributed by atoms with Crippen LogP contribution in [0.2, 0.25) is 0 Å². The number of unbranched alkanes of at least 4 members (excludes halogenated alkanes) is 2. The van der Waals surface area contributed by atoms with Crippen LogP contribution in [0.15, 0.2) is 70.0 Å². The highest BCUT2D eigenvalue weighted by Crippen LogP contribution is 2.39. The molecule has 0 atom stereocenters. The topological polar surface area (TPSA) is 91.8 Å². The van der Waals surface area contributed by atoms with Gasteiger partial charge in [-0.25, -0.2) is 0 Å². The Balaban J connectivity index is 1.74. The molecular weight excluding hydrogens is 442 g/mol. The molecule has 0 aliphatic heterocycles. The van der Waals surface area contributed by atoms with E-state index in [-0.39, 0.29) is 18.2 Å².